The number of carbonyl (C=O) groups is 1. The van der Waals surface area contributed by atoms with Crippen LogP contribution in [0.15, 0.2) is 23.8 Å². The third kappa shape index (κ3) is 2.14. The summed E-state index contributed by atoms with van der Waals surface area (Å²) < 4.78 is 3.39. The molecule has 0 spiro atoms. The number of hydrogen-bond acceptors (Lipinski definition) is 7. The van der Waals surface area contributed by atoms with Gasteiger partial charge in [-0.1, -0.05) is 0 Å². The van der Waals surface area contributed by atoms with Crippen LogP contribution in [0.3, 0.4) is 0 Å². The van der Waals surface area contributed by atoms with Crippen molar-refractivity contribution in [1.29, 1.82) is 0 Å². The zero-order valence-electron chi connectivity index (χ0n) is 12.5. The van der Waals surface area contributed by atoms with Crippen LogP contribution in [-0.2, 0) is 6.54 Å². The van der Waals surface area contributed by atoms with Crippen molar-refractivity contribution in [2.45, 2.75) is 25.3 Å². The Hall–Kier alpha value is -2.88. The molecule has 1 fully saturated rings. The van der Waals surface area contributed by atoms with Gasteiger partial charge in [-0.15, -0.1) is 21.5 Å². The van der Waals surface area contributed by atoms with E-state index in [1.807, 2.05) is 5.38 Å². The summed E-state index contributed by atoms with van der Waals surface area (Å²) in [5, 5.41) is 21.6. The highest BCUT2D eigenvalue weighted by Crippen LogP contribution is 2.38. The summed E-state index contributed by atoms with van der Waals surface area (Å²) in [6.45, 7) is 0.361. The van der Waals surface area contributed by atoms with Gasteiger partial charge in [-0.3, -0.25) is 4.79 Å². The molecule has 1 aliphatic carbocycles. The van der Waals surface area contributed by atoms with Gasteiger partial charge in [0.1, 0.15) is 12.0 Å². The maximum absolute atomic E-state index is 12.4. The molecule has 0 bridgehead atoms. The zero-order valence-corrected chi connectivity index (χ0v) is 13.3. The molecule has 1 N–H and O–H groups in total. The molecule has 4 heterocycles. The Labute approximate surface area is 139 Å². The number of thiazole rings is 1. The molecule has 5 rings (SSSR count). The Morgan fingerprint density at radius 1 is 1.29 bits per heavy atom. The van der Waals surface area contributed by atoms with Gasteiger partial charge in [-0.25, -0.2) is 9.50 Å². The normalized spacial score (nSPS) is 14.5. The molecule has 1 aliphatic rings. The van der Waals surface area contributed by atoms with Crippen molar-refractivity contribution >= 4 is 27.9 Å². The van der Waals surface area contributed by atoms with E-state index in [-0.39, 0.29) is 5.91 Å². The van der Waals surface area contributed by atoms with Gasteiger partial charge in [-0.05, 0) is 25.0 Å². The van der Waals surface area contributed by atoms with Crippen LogP contribution >= 0.6 is 11.3 Å². The van der Waals surface area contributed by atoms with E-state index in [1.54, 1.807) is 21.2 Å². The van der Waals surface area contributed by atoms with E-state index >= 15 is 0 Å². The minimum absolute atomic E-state index is 0.244. The zero-order chi connectivity index (χ0) is 16.1. The first-order valence-corrected chi connectivity index (χ1v) is 8.44. The Morgan fingerprint density at radius 3 is 3.08 bits per heavy atom. The quantitative estimate of drug-likeness (QED) is 0.595. The fourth-order valence-corrected chi connectivity index (χ4v) is 3.38. The smallest absolute Gasteiger partial charge is 0.272 e. The monoisotopic (exact) mass is 340 g/mol. The summed E-state index contributed by atoms with van der Waals surface area (Å²) in [6, 6.07) is 3.43. The SMILES string of the molecule is O=C(NCc1csc2ncnn12)c1ccc2nnc(C3CC3)n2n1. The predicted molar refractivity (Wildman–Crippen MR) is 84.8 cm³/mol. The van der Waals surface area contributed by atoms with Crippen LogP contribution in [0.4, 0.5) is 0 Å². The predicted octanol–water partition coefficient (Wildman–Crippen LogP) is 1.04. The van der Waals surface area contributed by atoms with Gasteiger partial charge in [0.2, 0.25) is 4.96 Å². The summed E-state index contributed by atoms with van der Waals surface area (Å²) in [5.74, 6) is 1.01. The van der Waals surface area contributed by atoms with Gasteiger partial charge in [-0.2, -0.15) is 14.7 Å². The number of nitrogens with zero attached hydrogens (tertiary/aromatic N) is 7. The third-order valence-electron chi connectivity index (χ3n) is 3.98. The molecule has 0 atom stereocenters. The molecule has 1 amide bonds. The van der Waals surface area contributed by atoms with Crippen molar-refractivity contribution in [2.75, 3.05) is 0 Å². The van der Waals surface area contributed by atoms with Gasteiger partial charge < -0.3 is 5.32 Å². The number of carbonyl (C=O) groups excluding carboxylic acids is 1. The van der Waals surface area contributed by atoms with Gasteiger partial charge >= 0.3 is 0 Å². The molecule has 120 valence electrons. The average Bonchev–Trinajstić information content (AvgIpc) is 3.04. The number of hydrogen-bond donors (Lipinski definition) is 1. The maximum Gasteiger partial charge on any atom is 0.272 e. The molecule has 9 nitrogen and oxygen atoms in total. The van der Waals surface area contributed by atoms with E-state index < -0.39 is 0 Å². The Kier molecular flexibility index (Phi) is 2.86. The second-order valence-electron chi connectivity index (χ2n) is 5.69. The summed E-state index contributed by atoms with van der Waals surface area (Å²) in [4.78, 5) is 17.3. The highest BCUT2D eigenvalue weighted by molar-refractivity contribution is 7.15. The van der Waals surface area contributed by atoms with Crippen LogP contribution < -0.4 is 5.32 Å². The molecule has 0 aromatic carbocycles. The van der Waals surface area contributed by atoms with E-state index in [1.165, 1.54) is 17.7 Å². The summed E-state index contributed by atoms with van der Waals surface area (Å²) in [5.41, 5.74) is 1.88. The fraction of sp³-hybridized carbons (Fsp3) is 0.286. The van der Waals surface area contributed by atoms with E-state index in [9.17, 15) is 4.79 Å². The van der Waals surface area contributed by atoms with Crippen molar-refractivity contribution in [1.82, 2.24) is 39.7 Å². The standard InChI is InChI=1S/C14H12N8OS/c23-13(15-5-9-6-24-14-16-7-17-21(9)14)10-3-4-11-18-19-12(8-1-2-8)22(11)20-10/h3-4,6-8H,1-2,5H2,(H,15,23). The van der Waals surface area contributed by atoms with Crippen molar-refractivity contribution in [3.8, 4) is 0 Å². The topological polar surface area (TPSA) is 102 Å². The molecule has 0 radical (unpaired) electrons. The lowest BCUT2D eigenvalue weighted by atomic mass is 10.3. The second kappa shape index (κ2) is 5.06. The number of aromatic nitrogens is 7. The Bertz CT molecular complexity index is 1060. The summed E-state index contributed by atoms with van der Waals surface area (Å²) >= 11 is 1.48. The maximum atomic E-state index is 12.4. The lowest BCUT2D eigenvalue weighted by Gasteiger charge is -2.04. The van der Waals surface area contributed by atoms with Crippen LogP contribution in [0.1, 0.15) is 40.8 Å². The van der Waals surface area contributed by atoms with Crippen molar-refractivity contribution in [3.05, 3.63) is 41.1 Å². The van der Waals surface area contributed by atoms with E-state index in [0.717, 1.165) is 29.3 Å². The Morgan fingerprint density at radius 2 is 2.21 bits per heavy atom. The number of nitrogens with one attached hydrogen (secondary N) is 1. The van der Waals surface area contributed by atoms with Gasteiger partial charge in [0, 0.05) is 11.3 Å². The van der Waals surface area contributed by atoms with Crippen LogP contribution in [0.25, 0.3) is 10.6 Å². The molecule has 0 saturated heterocycles. The van der Waals surface area contributed by atoms with E-state index in [2.05, 4.69) is 30.7 Å². The molecule has 4 aromatic rings. The van der Waals surface area contributed by atoms with Gasteiger partial charge in [0.15, 0.2) is 11.5 Å². The first-order valence-electron chi connectivity index (χ1n) is 7.56. The molecular formula is C14H12N8OS. The number of fused-ring (bicyclic) bond motifs is 2. The molecule has 24 heavy (non-hydrogen) atoms. The molecule has 1 saturated carbocycles. The minimum Gasteiger partial charge on any atom is -0.345 e. The first-order chi connectivity index (χ1) is 11.8. The van der Waals surface area contributed by atoms with Gasteiger partial charge in [0.05, 0.1) is 12.2 Å². The number of amides is 1. The number of rotatable bonds is 4. The first kappa shape index (κ1) is 13.5. The second-order valence-corrected chi connectivity index (χ2v) is 6.52. The fourth-order valence-electron chi connectivity index (χ4n) is 2.58. The highest BCUT2D eigenvalue weighted by Gasteiger charge is 2.29. The minimum atomic E-state index is -0.244. The van der Waals surface area contributed by atoms with Crippen LogP contribution in [-0.4, -0.2) is 40.3 Å². The van der Waals surface area contributed by atoms with Crippen LogP contribution in [0, 0.1) is 0 Å². The van der Waals surface area contributed by atoms with Crippen molar-refractivity contribution in [3.63, 3.8) is 0 Å². The Balaban J connectivity index is 1.39. The van der Waals surface area contributed by atoms with Crippen molar-refractivity contribution in [2.24, 2.45) is 0 Å². The average molecular weight is 340 g/mol. The molecule has 0 unspecified atom stereocenters. The summed E-state index contributed by atoms with van der Waals surface area (Å²) in [6.07, 6.45) is 3.70. The van der Waals surface area contributed by atoms with Crippen molar-refractivity contribution < 1.29 is 4.79 Å². The van der Waals surface area contributed by atoms with E-state index in [0.29, 0.717) is 23.8 Å². The largest absolute Gasteiger partial charge is 0.345 e. The highest BCUT2D eigenvalue weighted by atomic mass is 32.1. The van der Waals surface area contributed by atoms with Crippen LogP contribution in [0.5, 0.6) is 0 Å². The third-order valence-corrected chi connectivity index (χ3v) is 4.86. The summed E-state index contributed by atoms with van der Waals surface area (Å²) in [7, 11) is 0. The molecule has 10 heteroatoms. The van der Waals surface area contributed by atoms with E-state index in [4.69, 9.17) is 0 Å². The molecular weight excluding hydrogens is 328 g/mol. The van der Waals surface area contributed by atoms with Gasteiger partial charge in [0.25, 0.3) is 5.91 Å². The van der Waals surface area contributed by atoms with Crippen LogP contribution in [0.2, 0.25) is 0 Å². The lowest BCUT2D eigenvalue weighted by Crippen LogP contribution is -2.25. The molecule has 0 aliphatic heterocycles. The lowest BCUT2D eigenvalue weighted by molar-refractivity contribution is 0.0944. The molecule has 4 aromatic heterocycles.